The number of fused-ring (bicyclic) bond motifs is 8. The van der Waals surface area contributed by atoms with Crippen molar-refractivity contribution < 1.29 is 0 Å². The molecule has 47 heavy (non-hydrogen) atoms. The van der Waals surface area contributed by atoms with Crippen LogP contribution in [0.25, 0.3) is 92.0 Å². The van der Waals surface area contributed by atoms with Gasteiger partial charge in [0.2, 0.25) is 0 Å². The lowest BCUT2D eigenvalue weighted by Gasteiger charge is -2.12. The summed E-state index contributed by atoms with van der Waals surface area (Å²) in [7, 11) is 0. The van der Waals surface area contributed by atoms with E-state index < -0.39 is 0 Å². The van der Waals surface area contributed by atoms with Crippen LogP contribution in [0, 0.1) is 0 Å². The molecule has 5 heteroatoms. The molecule has 10 rings (SSSR count). The first-order valence-corrected chi connectivity index (χ1v) is 16.8. The van der Waals surface area contributed by atoms with Crippen molar-refractivity contribution in [3.8, 4) is 28.3 Å². The van der Waals surface area contributed by atoms with Crippen LogP contribution in [-0.2, 0) is 0 Å². The molecule has 10 aromatic rings. The van der Waals surface area contributed by atoms with Gasteiger partial charge in [-0.3, -0.25) is 0 Å². The molecule has 0 fully saturated rings. The molecule has 0 bridgehead atoms. The van der Waals surface area contributed by atoms with Crippen molar-refractivity contribution >= 4 is 86.6 Å². The quantitative estimate of drug-likeness (QED) is 0.193. The summed E-state index contributed by atoms with van der Waals surface area (Å²) >= 11 is 8.97. The first kappa shape index (κ1) is 26.6. The summed E-state index contributed by atoms with van der Waals surface area (Å²) in [5, 5.41) is 8.72. The summed E-state index contributed by atoms with van der Waals surface area (Å²) in [5.41, 5.74) is 7.10. The molecule has 0 amide bonds. The van der Waals surface area contributed by atoms with Gasteiger partial charge >= 0.3 is 0 Å². The molecular weight excluding hydrogens is 614 g/mol. The summed E-state index contributed by atoms with van der Waals surface area (Å²) in [6.45, 7) is 0. The van der Waals surface area contributed by atoms with E-state index in [1.807, 2.05) is 23.5 Å². The standard InChI is InChI=1S/C42H24ClN3S/c43-40-29-13-2-1-10-25(29)24-36-39(40)32-16-4-7-18-35(32)46(36)28-12-9-11-27(22-28)42-44-34-17-6-3-15-31(34)41(45-42)26-20-21-38-33(23-26)30-14-5-8-19-37(30)47-38/h1-24H. The van der Waals surface area contributed by atoms with E-state index in [1.54, 1.807) is 0 Å². The maximum atomic E-state index is 7.14. The molecular formula is C42H24ClN3S. The minimum atomic E-state index is 0.695. The number of rotatable bonds is 3. The number of halogens is 1. The van der Waals surface area contributed by atoms with E-state index >= 15 is 0 Å². The third-order valence-corrected chi connectivity index (χ3v) is 10.8. The zero-order chi connectivity index (χ0) is 31.1. The topological polar surface area (TPSA) is 30.7 Å². The molecule has 0 aliphatic heterocycles. The van der Waals surface area contributed by atoms with Crippen molar-refractivity contribution in [2.75, 3.05) is 0 Å². The highest BCUT2D eigenvalue weighted by molar-refractivity contribution is 7.25. The van der Waals surface area contributed by atoms with Crippen molar-refractivity contribution in [1.29, 1.82) is 0 Å². The Bertz CT molecular complexity index is 2880. The van der Waals surface area contributed by atoms with Gasteiger partial charge in [0.15, 0.2) is 5.82 Å². The van der Waals surface area contributed by atoms with Crippen LogP contribution in [0.5, 0.6) is 0 Å². The van der Waals surface area contributed by atoms with Crippen molar-refractivity contribution in [2.24, 2.45) is 0 Å². The Kier molecular flexibility index (Phi) is 5.80. The Balaban J connectivity index is 1.19. The Hall–Kier alpha value is -5.55. The fraction of sp³-hybridized carbons (Fsp3) is 0. The SMILES string of the molecule is Clc1c2ccccc2cc2c1c1ccccc1n2-c1cccc(-c2nc(-c3ccc4sc5ccccc5c4c3)c3ccccc3n2)c1. The number of thiophene rings is 1. The van der Waals surface area contributed by atoms with Crippen LogP contribution in [0.3, 0.4) is 0 Å². The van der Waals surface area contributed by atoms with E-state index in [2.05, 4.69) is 138 Å². The third kappa shape index (κ3) is 4.05. The van der Waals surface area contributed by atoms with Crippen LogP contribution in [0.4, 0.5) is 0 Å². The lowest BCUT2D eigenvalue weighted by Crippen LogP contribution is -1.98. The van der Waals surface area contributed by atoms with Crippen LogP contribution >= 0.6 is 22.9 Å². The summed E-state index contributed by atoms with van der Waals surface area (Å²) < 4.78 is 4.88. The molecule has 0 N–H and O–H groups in total. The van der Waals surface area contributed by atoms with Crippen LogP contribution in [0.15, 0.2) is 146 Å². The smallest absolute Gasteiger partial charge is 0.160 e. The molecule has 220 valence electrons. The van der Waals surface area contributed by atoms with Crippen molar-refractivity contribution in [3.05, 3.63) is 151 Å². The average Bonchev–Trinajstić information content (AvgIpc) is 3.67. The highest BCUT2D eigenvalue weighted by atomic mass is 35.5. The fourth-order valence-corrected chi connectivity index (χ4v) is 8.55. The number of aromatic nitrogens is 3. The number of nitrogens with zero attached hydrogens (tertiary/aromatic N) is 3. The summed E-state index contributed by atoms with van der Waals surface area (Å²) in [6, 6.07) is 51.2. The molecule has 0 saturated carbocycles. The molecule has 0 aliphatic carbocycles. The Labute approximate surface area is 278 Å². The van der Waals surface area contributed by atoms with Gasteiger partial charge < -0.3 is 4.57 Å². The Morgan fingerprint density at radius 2 is 1.26 bits per heavy atom. The van der Waals surface area contributed by atoms with Gasteiger partial charge in [0.25, 0.3) is 0 Å². The van der Waals surface area contributed by atoms with Gasteiger partial charge in [0.05, 0.1) is 27.3 Å². The predicted octanol–water partition coefficient (Wildman–Crippen LogP) is 12.2. The highest BCUT2D eigenvalue weighted by Gasteiger charge is 2.18. The average molecular weight is 638 g/mol. The first-order chi connectivity index (χ1) is 23.2. The minimum Gasteiger partial charge on any atom is -0.309 e. The zero-order valence-electron chi connectivity index (χ0n) is 25.0. The lowest BCUT2D eigenvalue weighted by molar-refractivity contribution is 1.17. The first-order valence-electron chi connectivity index (χ1n) is 15.6. The summed E-state index contributed by atoms with van der Waals surface area (Å²) in [6.07, 6.45) is 0. The molecule has 0 atom stereocenters. The van der Waals surface area contributed by atoms with E-state index in [-0.39, 0.29) is 0 Å². The third-order valence-electron chi connectivity index (χ3n) is 9.24. The predicted molar refractivity (Wildman–Crippen MR) is 200 cm³/mol. The molecule has 0 unspecified atom stereocenters. The fourth-order valence-electron chi connectivity index (χ4n) is 7.09. The van der Waals surface area contributed by atoms with Crippen LogP contribution in [0.2, 0.25) is 5.02 Å². The second-order valence-corrected chi connectivity index (χ2v) is 13.4. The summed E-state index contributed by atoms with van der Waals surface area (Å²) in [4.78, 5) is 10.4. The van der Waals surface area contributed by atoms with Gasteiger partial charge in [-0.1, -0.05) is 109 Å². The molecule has 3 aromatic heterocycles. The molecule has 0 saturated heterocycles. The van der Waals surface area contributed by atoms with Crippen molar-refractivity contribution in [2.45, 2.75) is 0 Å². The maximum absolute atomic E-state index is 7.14. The van der Waals surface area contributed by atoms with E-state index in [0.29, 0.717) is 5.82 Å². The van der Waals surface area contributed by atoms with E-state index in [1.165, 1.54) is 20.2 Å². The number of hydrogen-bond donors (Lipinski definition) is 0. The van der Waals surface area contributed by atoms with Crippen LogP contribution in [0.1, 0.15) is 0 Å². The molecule has 3 heterocycles. The molecule has 3 nitrogen and oxygen atoms in total. The van der Waals surface area contributed by atoms with Gasteiger partial charge in [-0.25, -0.2) is 9.97 Å². The van der Waals surface area contributed by atoms with Crippen molar-refractivity contribution in [1.82, 2.24) is 14.5 Å². The minimum absolute atomic E-state index is 0.695. The zero-order valence-corrected chi connectivity index (χ0v) is 26.6. The maximum Gasteiger partial charge on any atom is 0.160 e. The van der Waals surface area contributed by atoms with Gasteiger partial charge in [0, 0.05) is 58.5 Å². The number of benzene rings is 7. The number of hydrogen-bond acceptors (Lipinski definition) is 3. The van der Waals surface area contributed by atoms with Gasteiger partial charge in [-0.15, -0.1) is 11.3 Å². The number of para-hydroxylation sites is 2. The van der Waals surface area contributed by atoms with E-state index in [9.17, 15) is 0 Å². The van der Waals surface area contributed by atoms with E-state index in [0.717, 1.165) is 71.0 Å². The normalized spacial score (nSPS) is 11.9. The highest BCUT2D eigenvalue weighted by Crippen LogP contribution is 2.41. The second-order valence-electron chi connectivity index (χ2n) is 11.9. The second kappa shape index (κ2) is 10.2. The Morgan fingerprint density at radius 1 is 0.511 bits per heavy atom. The lowest BCUT2D eigenvalue weighted by atomic mass is 10.0. The molecule has 0 radical (unpaired) electrons. The van der Waals surface area contributed by atoms with Crippen LogP contribution in [-0.4, -0.2) is 14.5 Å². The molecule has 0 aliphatic rings. The van der Waals surface area contributed by atoms with Crippen molar-refractivity contribution in [3.63, 3.8) is 0 Å². The van der Waals surface area contributed by atoms with E-state index in [4.69, 9.17) is 21.6 Å². The largest absolute Gasteiger partial charge is 0.309 e. The monoisotopic (exact) mass is 637 g/mol. The van der Waals surface area contributed by atoms with Gasteiger partial charge in [0.1, 0.15) is 0 Å². The Morgan fingerprint density at radius 3 is 2.17 bits per heavy atom. The summed E-state index contributed by atoms with van der Waals surface area (Å²) in [5.74, 6) is 0.695. The van der Waals surface area contributed by atoms with Gasteiger partial charge in [-0.05, 0) is 53.9 Å². The molecule has 0 spiro atoms. The van der Waals surface area contributed by atoms with Crippen LogP contribution < -0.4 is 0 Å². The van der Waals surface area contributed by atoms with Gasteiger partial charge in [-0.2, -0.15) is 0 Å². The molecule has 7 aromatic carbocycles.